The summed E-state index contributed by atoms with van der Waals surface area (Å²) in [7, 11) is 0. The minimum absolute atomic E-state index is 0.0572. The molecule has 8 nitrogen and oxygen atoms in total. The molecule has 0 aromatic carbocycles. The maximum atomic E-state index is 11.5. The van der Waals surface area contributed by atoms with Gasteiger partial charge in [0.05, 0.1) is 39.0 Å². The molecule has 0 spiro atoms. The molecule has 0 heterocycles. The van der Waals surface area contributed by atoms with E-state index < -0.39 is 24.1 Å². The first-order valence-electron chi connectivity index (χ1n) is 5.69. The molecular formula is C12H18O8. The Morgan fingerprint density at radius 1 is 1.05 bits per heavy atom. The van der Waals surface area contributed by atoms with E-state index in [1.165, 1.54) is 0 Å². The number of aliphatic hydroxyl groups excluding tert-OH is 2. The topological polar surface area (TPSA) is 112 Å². The number of hydrogen-bond donors (Lipinski definition) is 2. The largest absolute Gasteiger partial charge is 0.433 e. The Kier molecular flexibility index (Phi) is 10.2. The van der Waals surface area contributed by atoms with E-state index in [2.05, 4.69) is 22.6 Å². The quantitative estimate of drug-likeness (QED) is 0.286. The summed E-state index contributed by atoms with van der Waals surface area (Å²) in [5, 5.41) is 18.1. The number of rotatable bonds is 11. The van der Waals surface area contributed by atoms with Gasteiger partial charge >= 0.3 is 11.9 Å². The average Bonchev–Trinajstić information content (AvgIpc) is 2.42. The fourth-order valence-electron chi connectivity index (χ4n) is 1.11. The van der Waals surface area contributed by atoms with Crippen LogP contribution in [0.1, 0.15) is 0 Å². The van der Waals surface area contributed by atoms with Gasteiger partial charge in [-0.1, -0.05) is 13.2 Å². The minimum Gasteiger partial charge on any atom is -0.433 e. The molecule has 114 valence electrons. The molecule has 0 saturated heterocycles. The van der Waals surface area contributed by atoms with Crippen LogP contribution in [-0.4, -0.2) is 60.8 Å². The van der Waals surface area contributed by atoms with Crippen LogP contribution in [-0.2, 0) is 28.5 Å². The molecule has 0 aromatic heterocycles. The molecule has 0 aliphatic carbocycles. The van der Waals surface area contributed by atoms with Gasteiger partial charge in [-0.25, -0.2) is 9.59 Å². The van der Waals surface area contributed by atoms with Gasteiger partial charge in [0.25, 0.3) is 0 Å². The van der Waals surface area contributed by atoms with Crippen molar-refractivity contribution in [3.05, 3.63) is 25.7 Å². The number of hydrogen-bond acceptors (Lipinski definition) is 8. The molecule has 0 rings (SSSR count). The number of carbonyl (C=O) groups is 2. The molecular weight excluding hydrogens is 272 g/mol. The molecule has 2 unspecified atom stereocenters. The van der Waals surface area contributed by atoms with Crippen molar-refractivity contribution in [3.63, 3.8) is 0 Å². The van der Waals surface area contributed by atoms with Gasteiger partial charge in [0.1, 0.15) is 0 Å². The SMILES string of the molecule is C=COC(=O)C(O)C(OCCOCCO)C(=O)OC=C. The van der Waals surface area contributed by atoms with Gasteiger partial charge in [0.2, 0.25) is 0 Å². The lowest BCUT2D eigenvalue weighted by Crippen LogP contribution is -2.43. The van der Waals surface area contributed by atoms with E-state index in [-0.39, 0.29) is 26.4 Å². The summed E-state index contributed by atoms with van der Waals surface area (Å²) >= 11 is 0. The second kappa shape index (κ2) is 11.1. The van der Waals surface area contributed by atoms with Gasteiger partial charge in [0, 0.05) is 0 Å². The van der Waals surface area contributed by atoms with Crippen molar-refractivity contribution in [1.29, 1.82) is 0 Å². The third kappa shape index (κ3) is 7.00. The van der Waals surface area contributed by atoms with Crippen molar-refractivity contribution < 1.29 is 38.7 Å². The molecule has 0 radical (unpaired) electrons. The molecule has 20 heavy (non-hydrogen) atoms. The molecule has 8 heteroatoms. The van der Waals surface area contributed by atoms with Crippen molar-refractivity contribution in [3.8, 4) is 0 Å². The molecule has 0 amide bonds. The van der Waals surface area contributed by atoms with Crippen molar-refractivity contribution in [2.45, 2.75) is 12.2 Å². The second-order valence-electron chi connectivity index (χ2n) is 3.28. The smallest absolute Gasteiger partial charge is 0.343 e. The molecule has 0 bridgehead atoms. The monoisotopic (exact) mass is 290 g/mol. The van der Waals surface area contributed by atoms with E-state index in [0.29, 0.717) is 0 Å². The molecule has 0 saturated carbocycles. The van der Waals surface area contributed by atoms with E-state index in [1.54, 1.807) is 0 Å². The van der Waals surface area contributed by atoms with Gasteiger partial charge < -0.3 is 29.2 Å². The molecule has 0 aromatic rings. The Labute approximate surface area is 116 Å². The Balaban J connectivity index is 4.47. The third-order valence-corrected chi connectivity index (χ3v) is 1.92. The van der Waals surface area contributed by atoms with Crippen LogP contribution in [0.3, 0.4) is 0 Å². The lowest BCUT2D eigenvalue weighted by atomic mass is 10.2. The predicted octanol–water partition coefficient (Wildman–Crippen LogP) is -0.885. The fraction of sp³-hybridized carbons (Fsp3) is 0.500. The minimum atomic E-state index is -1.88. The Hall–Kier alpha value is -1.74. The lowest BCUT2D eigenvalue weighted by Gasteiger charge is -2.19. The summed E-state index contributed by atoms with van der Waals surface area (Å²) in [5.41, 5.74) is 0. The fourth-order valence-corrected chi connectivity index (χ4v) is 1.11. The molecule has 0 aliphatic rings. The standard InChI is InChI=1S/C12H18O8/c1-3-18-11(15)9(14)10(12(16)19-4-2)20-8-7-17-6-5-13/h3-4,9-10,13-14H,1-2,5-8H2. The number of esters is 2. The highest BCUT2D eigenvalue weighted by Gasteiger charge is 2.35. The first kappa shape index (κ1) is 18.3. The molecule has 0 fully saturated rings. The van der Waals surface area contributed by atoms with E-state index >= 15 is 0 Å². The Morgan fingerprint density at radius 2 is 1.65 bits per heavy atom. The zero-order valence-electron chi connectivity index (χ0n) is 10.9. The molecule has 2 N–H and O–H groups in total. The van der Waals surface area contributed by atoms with Crippen molar-refractivity contribution in [2.75, 3.05) is 26.4 Å². The highest BCUT2D eigenvalue weighted by Crippen LogP contribution is 2.06. The zero-order chi connectivity index (χ0) is 15.4. The zero-order valence-corrected chi connectivity index (χ0v) is 10.9. The summed E-state index contributed by atoms with van der Waals surface area (Å²) in [6.45, 7) is 6.23. The molecule has 0 aliphatic heterocycles. The van der Waals surface area contributed by atoms with E-state index in [9.17, 15) is 14.7 Å². The third-order valence-electron chi connectivity index (χ3n) is 1.92. The van der Waals surface area contributed by atoms with Gasteiger partial charge in [-0.3, -0.25) is 0 Å². The van der Waals surface area contributed by atoms with Crippen LogP contribution in [0.25, 0.3) is 0 Å². The predicted molar refractivity (Wildman–Crippen MR) is 66.2 cm³/mol. The maximum Gasteiger partial charge on any atom is 0.343 e. The number of ether oxygens (including phenoxy) is 4. The summed E-state index contributed by atoms with van der Waals surface area (Å²) in [6, 6.07) is 0. The Bertz CT molecular complexity index is 327. The highest BCUT2D eigenvalue weighted by molar-refractivity contribution is 5.85. The van der Waals surface area contributed by atoms with Gasteiger partial charge in [-0.2, -0.15) is 0 Å². The van der Waals surface area contributed by atoms with Crippen molar-refractivity contribution in [2.24, 2.45) is 0 Å². The summed E-state index contributed by atoms with van der Waals surface area (Å²) in [4.78, 5) is 22.8. The first-order chi connectivity index (χ1) is 9.58. The maximum absolute atomic E-state index is 11.5. The van der Waals surface area contributed by atoms with Crippen molar-refractivity contribution >= 4 is 11.9 Å². The summed E-state index contributed by atoms with van der Waals surface area (Å²) < 4.78 is 18.7. The van der Waals surface area contributed by atoms with Crippen molar-refractivity contribution in [1.82, 2.24) is 0 Å². The van der Waals surface area contributed by atoms with Crippen LogP contribution in [0.4, 0.5) is 0 Å². The van der Waals surface area contributed by atoms with Gasteiger partial charge in [0.15, 0.2) is 12.2 Å². The van der Waals surface area contributed by atoms with Gasteiger partial charge in [-0.05, 0) is 0 Å². The van der Waals surface area contributed by atoms with Crippen LogP contribution in [0, 0.1) is 0 Å². The van der Waals surface area contributed by atoms with Crippen LogP contribution < -0.4 is 0 Å². The average molecular weight is 290 g/mol. The summed E-state index contributed by atoms with van der Waals surface area (Å²) in [6.07, 6.45) is -1.81. The Morgan fingerprint density at radius 3 is 2.20 bits per heavy atom. The van der Waals surface area contributed by atoms with Crippen LogP contribution in [0.2, 0.25) is 0 Å². The number of carbonyl (C=O) groups excluding carboxylic acids is 2. The van der Waals surface area contributed by atoms with Gasteiger partial charge in [-0.15, -0.1) is 0 Å². The van der Waals surface area contributed by atoms with Crippen LogP contribution in [0.5, 0.6) is 0 Å². The lowest BCUT2D eigenvalue weighted by molar-refractivity contribution is -0.173. The van der Waals surface area contributed by atoms with E-state index in [4.69, 9.17) is 14.6 Å². The van der Waals surface area contributed by atoms with E-state index in [0.717, 1.165) is 12.5 Å². The first-order valence-corrected chi connectivity index (χ1v) is 5.69. The summed E-state index contributed by atoms with van der Waals surface area (Å²) in [5.74, 6) is -2.11. The van der Waals surface area contributed by atoms with E-state index in [1.807, 2.05) is 0 Å². The molecule has 2 atom stereocenters. The van der Waals surface area contributed by atoms with Crippen LogP contribution >= 0.6 is 0 Å². The normalized spacial score (nSPS) is 13.1. The van der Waals surface area contributed by atoms with Crippen LogP contribution in [0.15, 0.2) is 25.7 Å². The highest BCUT2D eigenvalue weighted by atomic mass is 16.6. The number of aliphatic hydroxyl groups is 2. The second-order valence-corrected chi connectivity index (χ2v) is 3.28.